The standard InChI is InChI=1S/C26H36N2O3/c1-28-14-3-5-22-7-6-20(17-25(22)28)19-31-26-18-27-13-12-24(26)21-8-10-23(11-9-21)30-16-4-15-29-2/h6-11,17,24,26-27H,3-5,12-16,18-19H2,1-2H3/t24-,26+/m1/s1. The number of benzene rings is 2. The molecule has 0 amide bonds. The number of nitrogens with zero attached hydrogens (tertiary/aromatic N) is 1. The van der Waals surface area contributed by atoms with Crippen molar-refractivity contribution in [1.82, 2.24) is 5.32 Å². The molecule has 1 fully saturated rings. The number of ether oxygens (including phenoxy) is 3. The maximum Gasteiger partial charge on any atom is 0.119 e. The Balaban J connectivity index is 1.36. The van der Waals surface area contributed by atoms with Gasteiger partial charge in [0.25, 0.3) is 0 Å². The van der Waals surface area contributed by atoms with Crippen LogP contribution in [0.3, 0.4) is 0 Å². The molecule has 168 valence electrons. The zero-order valence-electron chi connectivity index (χ0n) is 18.9. The molecule has 1 saturated heterocycles. The lowest BCUT2D eigenvalue weighted by atomic mass is 9.87. The molecule has 31 heavy (non-hydrogen) atoms. The van der Waals surface area contributed by atoms with Crippen molar-refractivity contribution in [2.24, 2.45) is 0 Å². The molecular formula is C26H36N2O3. The SMILES string of the molecule is COCCCOc1ccc([C@H]2CCNC[C@@H]2OCc2ccc3c(c2)N(C)CCC3)cc1. The molecule has 2 aliphatic rings. The highest BCUT2D eigenvalue weighted by atomic mass is 16.5. The minimum atomic E-state index is 0.177. The molecule has 0 bridgehead atoms. The average Bonchev–Trinajstić information content (AvgIpc) is 2.81. The molecular weight excluding hydrogens is 388 g/mol. The number of anilines is 1. The van der Waals surface area contributed by atoms with Crippen LogP contribution in [-0.4, -0.2) is 53.1 Å². The van der Waals surface area contributed by atoms with Crippen LogP contribution in [0.15, 0.2) is 42.5 Å². The van der Waals surface area contributed by atoms with Gasteiger partial charge >= 0.3 is 0 Å². The Labute approximate surface area is 186 Å². The Bertz CT molecular complexity index is 824. The number of fused-ring (bicyclic) bond motifs is 1. The first kappa shape index (κ1) is 22.1. The Kier molecular flexibility index (Phi) is 7.84. The molecule has 0 radical (unpaired) electrons. The Hall–Kier alpha value is -2.08. The molecule has 2 aliphatic heterocycles. The smallest absolute Gasteiger partial charge is 0.119 e. The van der Waals surface area contributed by atoms with Crippen LogP contribution in [0.4, 0.5) is 5.69 Å². The molecule has 0 aliphatic carbocycles. The highest BCUT2D eigenvalue weighted by Crippen LogP contribution is 2.31. The van der Waals surface area contributed by atoms with Gasteiger partial charge in [-0.15, -0.1) is 0 Å². The van der Waals surface area contributed by atoms with Gasteiger partial charge in [0.15, 0.2) is 0 Å². The molecule has 0 unspecified atom stereocenters. The Morgan fingerprint density at radius 3 is 2.81 bits per heavy atom. The average molecular weight is 425 g/mol. The van der Waals surface area contributed by atoms with Crippen molar-refractivity contribution in [3.63, 3.8) is 0 Å². The fraction of sp³-hybridized carbons (Fsp3) is 0.538. The van der Waals surface area contributed by atoms with E-state index in [2.05, 4.69) is 59.7 Å². The Morgan fingerprint density at radius 1 is 1.10 bits per heavy atom. The molecule has 0 saturated carbocycles. The second-order valence-corrected chi connectivity index (χ2v) is 8.70. The van der Waals surface area contributed by atoms with E-state index in [0.29, 0.717) is 19.1 Å². The van der Waals surface area contributed by atoms with Crippen molar-refractivity contribution < 1.29 is 14.2 Å². The maximum atomic E-state index is 6.46. The minimum absolute atomic E-state index is 0.177. The van der Waals surface area contributed by atoms with Crippen LogP contribution in [0.2, 0.25) is 0 Å². The maximum absolute atomic E-state index is 6.46. The van der Waals surface area contributed by atoms with Gasteiger partial charge in [0.1, 0.15) is 5.75 Å². The lowest BCUT2D eigenvalue weighted by molar-refractivity contribution is 0.0106. The van der Waals surface area contributed by atoms with Crippen molar-refractivity contribution in [2.45, 2.75) is 44.3 Å². The molecule has 2 heterocycles. The summed E-state index contributed by atoms with van der Waals surface area (Å²) < 4.78 is 17.3. The summed E-state index contributed by atoms with van der Waals surface area (Å²) in [4.78, 5) is 2.37. The van der Waals surface area contributed by atoms with Crippen molar-refractivity contribution >= 4 is 5.69 Å². The van der Waals surface area contributed by atoms with Crippen molar-refractivity contribution in [3.8, 4) is 5.75 Å². The topological polar surface area (TPSA) is 43.0 Å². The summed E-state index contributed by atoms with van der Waals surface area (Å²) in [6, 6.07) is 15.4. The van der Waals surface area contributed by atoms with Crippen LogP contribution >= 0.6 is 0 Å². The second kappa shape index (κ2) is 11.0. The molecule has 5 heteroatoms. The summed E-state index contributed by atoms with van der Waals surface area (Å²) >= 11 is 0. The van der Waals surface area contributed by atoms with E-state index in [4.69, 9.17) is 14.2 Å². The molecule has 5 nitrogen and oxygen atoms in total. The summed E-state index contributed by atoms with van der Waals surface area (Å²) in [5, 5.41) is 3.51. The molecule has 2 atom stereocenters. The normalized spacial score (nSPS) is 21.0. The van der Waals surface area contributed by atoms with Gasteiger partial charge in [-0.05, 0) is 60.7 Å². The quantitative estimate of drug-likeness (QED) is 0.613. The van der Waals surface area contributed by atoms with Gasteiger partial charge in [-0.2, -0.15) is 0 Å². The number of hydrogen-bond acceptors (Lipinski definition) is 5. The van der Waals surface area contributed by atoms with Gasteiger partial charge in [0.2, 0.25) is 0 Å². The van der Waals surface area contributed by atoms with Gasteiger partial charge in [-0.25, -0.2) is 0 Å². The fourth-order valence-corrected chi connectivity index (χ4v) is 4.69. The third-order valence-electron chi connectivity index (χ3n) is 6.46. The van der Waals surface area contributed by atoms with Crippen molar-refractivity contribution in [3.05, 3.63) is 59.2 Å². The van der Waals surface area contributed by atoms with Gasteiger partial charge in [-0.1, -0.05) is 24.3 Å². The van der Waals surface area contributed by atoms with Gasteiger partial charge < -0.3 is 24.4 Å². The number of hydrogen-bond donors (Lipinski definition) is 1. The van der Waals surface area contributed by atoms with Crippen LogP contribution in [0.1, 0.15) is 41.9 Å². The first-order chi connectivity index (χ1) is 15.2. The summed E-state index contributed by atoms with van der Waals surface area (Å²) in [7, 11) is 3.91. The van der Waals surface area contributed by atoms with Crippen LogP contribution in [0, 0.1) is 0 Å². The van der Waals surface area contributed by atoms with E-state index >= 15 is 0 Å². The third-order valence-corrected chi connectivity index (χ3v) is 6.46. The van der Waals surface area contributed by atoms with E-state index in [1.54, 1.807) is 7.11 Å². The third kappa shape index (κ3) is 5.79. The predicted octanol–water partition coefficient (Wildman–Crippen LogP) is 4.15. The number of piperidine rings is 1. The molecule has 2 aromatic rings. The van der Waals surface area contributed by atoms with Gasteiger partial charge in [0, 0.05) is 51.9 Å². The lowest BCUT2D eigenvalue weighted by Crippen LogP contribution is -2.41. The monoisotopic (exact) mass is 424 g/mol. The summed E-state index contributed by atoms with van der Waals surface area (Å²) in [5.74, 6) is 1.33. The van der Waals surface area contributed by atoms with Crippen LogP contribution in [-0.2, 0) is 22.5 Å². The van der Waals surface area contributed by atoms with Gasteiger partial charge in [-0.3, -0.25) is 0 Å². The summed E-state index contributed by atoms with van der Waals surface area (Å²) in [5.41, 5.74) is 5.42. The van der Waals surface area contributed by atoms with Gasteiger partial charge in [0.05, 0.1) is 19.3 Å². The molecule has 1 N–H and O–H groups in total. The van der Waals surface area contributed by atoms with E-state index in [1.807, 2.05) is 0 Å². The number of aryl methyl sites for hydroxylation is 1. The second-order valence-electron chi connectivity index (χ2n) is 8.70. The van der Waals surface area contributed by atoms with E-state index < -0.39 is 0 Å². The molecule has 4 rings (SSSR count). The first-order valence-corrected chi connectivity index (χ1v) is 11.6. The van der Waals surface area contributed by atoms with Crippen molar-refractivity contribution in [1.29, 1.82) is 0 Å². The lowest BCUT2D eigenvalue weighted by Gasteiger charge is -2.33. The van der Waals surface area contributed by atoms with E-state index in [0.717, 1.165) is 44.8 Å². The summed E-state index contributed by atoms with van der Waals surface area (Å²) in [6.07, 6.45) is 4.59. The predicted molar refractivity (Wildman–Crippen MR) is 125 cm³/mol. The summed E-state index contributed by atoms with van der Waals surface area (Å²) in [6.45, 7) is 5.13. The van der Waals surface area contributed by atoms with Crippen LogP contribution < -0.4 is 15.0 Å². The highest BCUT2D eigenvalue weighted by Gasteiger charge is 2.27. The first-order valence-electron chi connectivity index (χ1n) is 11.6. The number of methoxy groups -OCH3 is 1. The number of rotatable bonds is 9. The van der Waals surface area contributed by atoms with E-state index in [9.17, 15) is 0 Å². The highest BCUT2D eigenvalue weighted by molar-refractivity contribution is 5.56. The number of nitrogens with one attached hydrogen (secondary N) is 1. The largest absolute Gasteiger partial charge is 0.494 e. The van der Waals surface area contributed by atoms with Crippen LogP contribution in [0.5, 0.6) is 5.75 Å². The van der Waals surface area contributed by atoms with Crippen molar-refractivity contribution in [2.75, 3.05) is 51.9 Å². The minimum Gasteiger partial charge on any atom is -0.494 e. The Morgan fingerprint density at radius 2 is 1.97 bits per heavy atom. The zero-order valence-corrected chi connectivity index (χ0v) is 18.9. The van der Waals surface area contributed by atoms with E-state index in [1.165, 1.54) is 35.2 Å². The van der Waals surface area contributed by atoms with E-state index in [-0.39, 0.29) is 6.10 Å². The fourth-order valence-electron chi connectivity index (χ4n) is 4.69. The molecule has 2 aromatic carbocycles. The molecule has 0 aromatic heterocycles. The zero-order chi connectivity index (χ0) is 21.5. The van der Waals surface area contributed by atoms with Crippen LogP contribution in [0.25, 0.3) is 0 Å². The molecule has 0 spiro atoms.